The fraction of sp³-hybridized carbons (Fsp3) is 0.917. The molecule has 2 aliphatic carbocycles. The quantitative estimate of drug-likeness (QED) is 0.731. The van der Waals surface area contributed by atoms with Crippen molar-refractivity contribution in [2.75, 3.05) is 6.54 Å². The van der Waals surface area contributed by atoms with Gasteiger partial charge in [0.1, 0.15) is 0 Å². The van der Waals surface area contributed by atoms with Crippen LogP contribution in [0, 0.1) is 5.92 Å². The molecule has 3 nitrogen and oxygen atoms in total. The Hall–Kier alpha value is -0.570. The molecule has 0 aliphatic heterocycles. The average Bonchev–Trinajstić information content (AvgIpc) is 2.91. The number of aliphatic carboxylic acids is 1. The molecule has 2 unspecified atom stereocenters. The van der Waals surface area contributed by atoms with Crippen molar-refractivity contribution in [1.29, 1.82) is 0 Å². The maximum Gasteiger partial charge on any atom is 0.308 e. The Kier molecular flexibility index (Phi) is 3.29. The molecule has 2 rings (SSSR count). The standard InChI is InChI=1S/C12H21NO2/c1-2-3-8-13(9-4-5-9)11-7-6-10(11)12(14)15/h9-11H,2-8H2,1H3,(H,14,15). The van der Waals surface area contributed by atoms with Crippen LogP contribution >= 0.6 is 0 Å². The second-order valence-corrected chi connectivity index (χ2v) is 4.91. The number of rotatable bonds is 6. The first kappa shape index (κ1) is 10.9. The lowest BCUT2D eigenvalue weighted by Crippen LogP contribution is -2.51. The largest absolute Gasteiger partial charge is 0.481 e. The Morgan fingerprint density at radius 1 is 1.33 bits per heavy atom. The smallest absolute Gasteiger partial charge is 0.308 e. The number of carbonyl (C=O) groups is 1. The van der Waals surface area contributed by atoms with Gasteiger partial charge in [-0.25, -0.2) is 0 Å². The van der Waals surface area contributed by atoms with Crippen LogP contribution in [-0.4, -0.2) is 34.6 Å². The van der Waals surface area contributed by atoms with Gasteiger partial charge >= 0.3 is 5.97 Å². The zero-order valence-corrected chi connectivity index (χ0v) is 9.48. The predicted molar refractivity (Wildman–Crippen MR) is 58.8 cm³/mol. The fourth-order valence-electron chi connectivity index (χ4n) is 2.53. The first-order valence-electron chi connectivity index (χ1n) is 6.22. The molecule has 0 aromatic rings. The third-order valence-corrected chi connectivity index (χ3v) is 3.77. The summed E-state index contributed by atoms with van der Waals surface area (Å²) in [5.41, 5.74) is 0. The van der Waals surface area contributed by atoms with E-state index in [1.807, 2.05) is 0 Å². The van der Waals surface area contributed by atoms with E-state index in [4.69, 9.17) is 5.11 Å². The summed E-state index contributed by atoms with van der Waals surface area (Å²) in [5.74, 6) is -0.671. The molecule has 2 aliphatic rings. The average molecular weight is 211 g/mol. The third kappa shape index (κ3) is 2.33. The Balaban J connectivity index is 1.89. The molecule has 0 heterocycles. The Bertz CT molecular complexity index is 238. The van der Waals surface area contributed by atoms with Crippen LogP contribution in [0.2, 0.25) is 0 Å². The molecule has 1 N–H and O–H groups in total. The van der Waals surface area contributed by atoms with E-state index in [9.17, 15) is 4.79 Å². The highest BCUT2D eigenvalue weighted by Gasteiger charge is 2.44. The summed E-state index contributed by atoms with van der Waals surface area (Å²) in [4.78, 5) is 13.5. The SMILES string of the molecule is CCCCN(C1CC1)C1CCC1C(=O)O. The number of carboxylic acids is 1. The van der Waals surface area contributed by atoms with Gasteiger partial charge in [0.2, 0.25) is 0 Å². The maximum absolute atomic E-state index is 11.0. The number of carboxylic acid groups (broad SMARTS) is 1. The van der Waals surface area contributed by atoms with E-state index < -0.39 is 5.97 Å². The Morgan fingerprint density at radius 3 is 2.47 bits per heavy atom. The van der Waals surface area contributed by atoms with Crippen molar-refractivity contribution in [1.82, 2.24) is 4.90 Å². The van der Waals surface area contributed by atoms with Crippen LogP contribution in [0.4, 0.5) is 0 Å². The van der Waals surface area contributed by atoms with E-state index >= 15 is 0 Å². The van der Waals surface area contributed by atoms with Gasteiger partial charge in [-0.3, -0.25) is 9.69 Å². The minimum absolute atomic E-state index is 0.0811. The number of hydrogen-bond acceptors (Lipinski definition) is 2. The lowest BCUT2D eigenvalue weighted by atomic mass is 9.78. The van der Waals surface area contributed by atoms with Crippen LogP contribution in [0.5, 0.6) is 0 Å². The van der Waals surface area contributed by atoms with Crippen LogP contribution in [0.3, 0.4) is 0 Å². The fourth-order valence-corrected chi connectivity index (χ4v) is 2.53. The monoisotopic (exact) mass is 211 g/mol. The van der Waals surface area contributed by atoms with Crippen molar-refractivity contribution in [2.24, 2.45) is 5.92 Å². The van der Waals surface area contributed by atoms with Gasteiger partial charge in [-0.1, -0.05) is 13.3 Å². The zero-order chi connectivity index (χ0) is 10.8. The van der Waals surface area contributed by atoms with E-state index in [2.05, 4.69) is 11.8 Å². The van der Waals surface area contributed by atoms with Gasteiger partial charge in [-0.15, -0.1) is 0 Å². The molecular weight excluding hydrogens is 190 g/mol. The summed E-state index contributed by atoms with van der Waals surface area (Å²) in [6.45, 7) is 3.30. The van der Waals surface area contributed by atoms with Gasteiger partial charge < -0.3 is 5.11 Å². The molecule has 2 saturated carbocycles. The molecule has 3 heteroatoms. The van der Waals surface area contributed by atoms with Crippen LogP contribution in [0.15, 0.2) is 0 Å². The topological polar surface area (TPSA) is 40.5 Å². The summed E-state index contributed by atoms with van der Waals surface area (Å²) >= 11 is 0. The van der Waals surface area contributed by atoms with Crippen LogP contribution in [-0.2, 0) is 4.79 Å². The molecule has 15 heavy (non-hydrogen) atoms. The first-order chi connectivity index (χ1) is 7.24. The summed E-state index contributed by atoms with van der Waals surface area (Å²) in [5, 5.41) is 9.05. The summed E-state index contributed by atoms with van der Waals surface area (Å²) in [7, 11) is 0. The molecule has 0 aromatic heterocycles. The minimum atomic E-state index is -0.589. The van der Waals surface area contributed by atoms with E-state index in [-0.39, 0.29) is 5.92 Å². The second-order valence-electron chi connectivity index (χ2n) is 4.91. The summed E-state index contributed by atoms with van der Waals surface area (Å²) in [6.07, 6.45) is 6.96. The van der Waals surface area contributed by atoms with Gasteiger partial charge in [0.15, 0.2) is 0 Å². The highest BCUT2D eigenvalue weighted by molar-refractivity contribution is 5.72. The van der Waals surface area contributed by atoms with Crippen molar-refractivity contribution in [3.05, 3.63) is 0 Å². The van der Waals surface area contributed by atoms with Gasteiger partial charge in [-0.2, -0.15) is 0 Å². The summed E-state index contributed by atoms with van der Waals surface area (Å²) in [6, 6.07) is 1.06. The molecular formula is C12H21NO2. The maximum atomic E-state index is 11.0. The Labute approximate surface area is 91.5 Å². The Morgan fingerprint density at radius 2 is 2.07 bits per heavy atom. The molecule has 0 spiro atoms. The van der Waals surface area contributed by atoms with E-state index in [1.165, 1.54) is 25.7 Å². The first-order valence-corrected chi connectivity index (χ1v) is 6.22. The summed E-state index contributed by atoms with van der Waals surface area (Å²) < 4.78 is 0. The van der Waals surface area contributed by atoms with Crippen molar-refractivity contribution in [3.63, 3.8) is 0 Å². The molecule has 0 bridgehead atoms. The molecule has 2 atom stereocenters. The molecule has 0 aromatic carbocycles. The second kappa shape index (κ2) is 4.52. The van der Waals surface area contributed by atoms with E-state index in [0.717, 1.165) is 19.4 Å². The highest BCUT2D eigenvalue weighted by atomic mass is 16.4. The van der Waals surface area contributed by atoms with Gasteiger partial charge in [-0.05, 0) is 38.6 Å². The van der Waals surface area contributed by atoms with Crippen molar-refractivity contribution in [2.45, 2.75) is 57.5 Å². The van der Waals surface area contributed by atoms with Crippen molar-refractivity contribution in [3.8, 4) is 0 Å². The lowest BCUT2D eigenvalue weighted by molar-refractivity contribution is -0.149. The van der Waals surface area contributed by atoms with Crippen molar-refractivity contribution >= 4 is 5.97 Å². The predicted octanol–water partition coefficient (Wildman–Crippen LogP) is 2.11. The van der Waals surface area contributed by atoms with Crippen LogP contribution < -0.4 is 0 Å². The number of nitrogens with zero attached hydrogens (tertiary/aromatic N) is 1. The van der Waals surface area contributed by atoms with Gasteiger partial charge in [0.25, 0.3) is 0 Å². The van der Waals surface area contributed by atoms with Gasteiger partial charge in [0, 0.05) is 12.1 Å². The third-order valence-electron chi connectivity index (χ3n) is 3.77. The van der Waals surface area contributed by atoms with Gasteiger partial charge in [0.05, 0.1) is 5.92 Å². The molecule has 0 saturated heterocycles. The molecule has 0 amide bonds. The molecule has 2 fully saturated rings. The minimum Gasteiger partial charge on any atom is -0.481 e. The van der Waals surface area contributed by atoms with Crippen LogP contribution in [0.1, 0.15) is 45.4 Å². The number of unbranched alkanes of at least 4 members (excludes halogenated alkanes) is 1. The lowest BCUT2D eigenvalue weighted by Gasteiger charge is -2.42. The van der Waals surface area contributed by atoms with E-state index in [1.54, 1.807) is 0 Å². The normalized spacial score (nSPS) is 30.3. The van der Waals surface area contributed by atoms with Crippen LogP contribution in [0.25, 0.3) is 0 Å². The molecule has 86 valence electrons. The van der Waals surface area contributed by atoms with E-state index in [0.29, 0.717) is 12.1 Å². The zero-order valence-electron chi connectivity index (χ0n) is 9.48. The molecule has 0 radical (unpaired) electrons. The highest BCUT2D eigenvalue weighted by Crippen LogP contribution is 2.39. The number of hydrogen-bond donors (Lipinski definition) is 1. The van der Waals surface area contributed by atoms with Crippen molar-refractivity contribution < 1.29 is 9.90 Å².